The zero-order valence-corrected chi connectivity index (χ0v) is 13.4. The van der Waals surface area contributed by atoms with Crippen molar-refractivity contribution >= 4 is 5.97 Å². The van der Waals surface area contributed by atoms with E-state index in [9.17, 15) is 4.79 Å². The van der Waals surface area contributed by atoms with Crippen LogP contribution < -0.4 is 5.32 Å². The Hall–Kier alpha value is -1.35. The molecule has 20 heavy (non-hydrogen) atoms. The number of ether oxygens (including phenoxy) is 1. The third-order valence-corrected chi connectivity index (χ3v) is 3.17. The first-order valence-corrected chi connectivity index (χ1v) is 7.23. The van der Waals surface area contributed by atoms with E-state index in [1.54, 1.807) is 0 Å². The van der Waals surface area contributed by atoms with Crippen molar-refractivity contribution in [3.8, 4) is 0 Å². The highest BCUT2D eigenvalue weighted by atomic mass is 16.5. The van der Waals surface area contributed by atoms with E-state index in [0.717, 1.165) is 0 Å². The first-order chi connectivity index (χ1) is 9.21. The molecule has 1 rings (SSSR count). The van der Waals surface area contributed by atoms with Gasteiger partial charge in [0.05, 0.1) is 6.10 Å². The second kappa shape index (κ2) is 6.89. The van der Waals surface area contributed by atoms with Crippen molar-refractivity contribution in [2.45, 2.75) is 59.7 Å². The van der Waals surface area contributed by atoms with Crippen molar-refractivity contribution in [1.29, 1.82) is 0 Å². The first-order valence-electron chi connectivity index (χ1n) is 7.23. The van der Waals surface area contributed by atoms with E-state index in [4.69, 9.17) is 4.74 Å². The fourth-order valence-corrected chi connectivity index (χ4v) is 2.06. The van der Waals surface area contributed by atoms with Crippen molar-refractivity contribution in [2.24, 2.45) is 5.41 Å². The van der Waals surface area contributed by atoms with Gasteiger partial charge in [0.15, 0.2) is 0 Å². The minimum absolute atomic E-state index is 0.0961. The van der Waals surface area contributed by atoms with E-state index in [1.165, 1.54) is 5.56 Å². The van der Waals surface area contributed by atoms with Crippen LogP contribution in [0.1, 0.15) is 53.1 Å². The maximum absolute atomic E-state index is 12.3. The van der Waals surface area contributed by atoms with Gasteiger partial charge >= 0.3 is 5.97 Å². The summed E-state index contributed by atoms with van der Waals surface area (Å²) in [6, 6.07) is 9.89. The third kappa shape index (κ3) is 4.97. The number of carbonyl (C=O) groups excluding carboxylic acids is 1. The summed E-state index contributed by atoms with van der Waals surface area (Å²) in [7, 11) is 0. The zero-order chi connectivity index (χ0) is 15.3. The van der Waals surface area contributed by atoms with E-state index in [1.807, 2.05) is 52.8 Å². The van der Waals surface area contributed by atoms with Gasteiger partial charge in [-0.1, -0.05) is 51.1 Å². The Balaban J connectivity index is 2.83. The van der Waals surface area contributed by atoms with Gasteiger partial charge in [0.2, 0.25) is 0 Å². The molecule has 1 N–H and O–H groups in total. The maximum Gasteiger partial charge on any atom is 0.323 e. The number of rotatable bonds is 5. The Morgan fingerprint density at radius 3 is 2.10 bits per heavy atom. The maximum atomic E-state index is 12.3. The molecular formula is C17H27NO2. The van der Waals surface area contributed by atoms with Gasteiger partial charge in [-0.05, 0) is 31.7 Å². The average Bonchev–Trinajstić information content (AvgIpc) is 2.34. The Labute approximate surface area is 122 Å². The van der Waals surface area contributed by atoms with Crippen molar-refractivity contribution in [3.63, 3.8) is 0 Å². The van der Waals surface area contributed by atoms with Gasteiger partial charge in [-0.25, -0.2) is 0 Å². The van der Waals surface area contributed by atoms with Crippen LogP contribution in [0.3, 0.4) is 0 Å². The Morgan fingerprint density at radius 1 is 1.10 bits per heavy atom. The van der Waals surface area contributed by atoms with Crippen LogP contribution in [-0.4, -0.2) is 18.1 Å². The number of benzene rings is 1. The topological polar surface area (TPSA) is 38.3 Å². The summed E-state index contributed by atoms with van der Waals surface area (Å²) in [6.45, 7) is 11.9. The van der Waals surface area contributed by atoms with Crippen LogP contribution in [0, 0.1) is 5.41 Å². The lowest BCUT2D eigenvalue weighted by atomic mass is 9.86. The van der Waals surface area contributed by atoms with Gasteiger partial charge in [-0.3, -0.25) is 10.1 Å². The molecule has 112 valence electrons. The molecule has 0 aromatic heterocycles. The van der Waals surface area contributed by atoms with Gasteiger partial charge in [0.25, 0.3) is 0 Å². The largest absolute Gasteiger partial charge is 0.462 e. The van der Waals surface area contributed by atoms with Gasteiger partial charge in [0, 0.05) is 6.04 Å². The predicted molar refractivity (Wildman–Crippen MR) is 82.5 cm³/mol. The van der Waals surface area contributed by atoms with Crippen molar-refractivity contribution < 1.29 is 9.53 Å². The Morgan fingerprint density at radius 2 is 1.65 bits per heavy atom. The number of carbonyl (C=O) groups is 1. The zero-order valence-electron chi connectivity index (χ0n) is 13.4. The number of esters is 1. The third-order valence-electron chi connectivity index (χ3n) is 3.17. The molecule has 1 aromatic carbocycles. The molecule has 0 radical (unpaired) electrons. The molecule has 0 saturated carbocycles. The number of hydrogen-bond donors (Lipinski definition) is 1. The molecule has 0 aliphatic heterocycles. The van der Waals surface area contributed by atoms with Crippen LogP contribution in [0.2, 0.25) is 0 Å². The summed E-state index contributed by atoms with van der Waals surface area (Å²) < 4.78 is 5.37. The molecule has 0 bridgehead atoms. The summed E-state index contributed by atoms with van der Waals surface area (Å²) in [5.41, 5.74) is 0.966. The highest BCUT2D eigenvalue weighted by Crippen LogP contribution is 2.24. The lowest BCUT2D eigenvalue weighted by Crippen LogP contribution is -2.48. The first kappa shape index (κ1) is 16.7. The fourth-order valence-electron chi connectivity index (χ4n) is 2.06. The standard InChI is InChI=1S/C17H27NO2/c1-12(2)20-16(19)15(17(4,5)6)18-13(3)14-10-8-7-9-11-14/h7-13,15,18H,1-6H3/t13-,15-/m1/s1. The van der Waals surface area contributed by atoms with E-state index in [-0.39, 0.29) is 29.6 Å². The van der Waals surface area contributed by atoms with Gasteiger partial charge in [-0.2, -0.15) is 0 Å². The fraction of sp³-hybridized carbons (Fsp3) is 0.588. The second-order valence-corrected chi connectivity index (χ2v) is 6.58. The number of nitrogens with one attached hydrogen (secondary N) is 1. The molecule has 0 aliphatic rings. The summed E-state index contributed by atoms with van der Waals surface area (Å²) in [4.78, 5) is 12.3. The van der Waals surface area contributed by atoms with Crippen LogP contribution in [0.15, 0.2) is 30.3 Å². The van der Waals surface area contributed by atoms with E-state index < -0.39 is 0 Å². The van der Waals surface area contributed by atoms with Crippen LogP contribution in [0.4, 0.5) is 0 Å². The molecule has 1 aromatic rings. The molecule has 0 fully saturated rings. The Kier molecular flexibility index (Phi) is 5.75. The summed E-state index contributed by atoms with van der Waals surface area (Å²) in [5, 5.41) is 3.40. The molecule has 0 heterocycles. The van der Waals surface area contributed by atoms with Crippen molar-refractivity contribution in [1.82, 2.24) is 5.32 Å². The van der Waals surface area contributed by atoms with Crippen LogP contribution in [0.25, 0.3) is 0 Å². The molecule has 0 spiro atoms. The van der Waals surface area contributed by atoms with E-state index in [2.05, 4.69) is 24.4 Å². The SMILES string of the molecule is CC(C)OC(=O)[C@@H](N[C@H](C)c1ccccc1)C(C)(C)C. The smallest absolute Gasteiger partial charge is 0.323 e. The molecule has 0 saturated heterocycles. The van der Waals surface area contributed by atoms with E-state index in [0.29, 0.717) is 0 Å². The summed E-state index contributed by atoms with van der Waals surface area (Å²) in [6.07, 6.45) is -0.0961. The summed E-state index contributed by atoms with van der Waals surface area (Å²) >= 11 is 0. The van der Waals surface area contributed by atoms with E-state index >= 15 is 0 Å². The summed E-state index contributed by atoms with van der Waals surface area (Å²) in [5.74, 6) is -0.185. The molecular weight excluding hydrogens is 250 g/mol. The average molecular weight is 277 g/mol. The quantitative estimate of drug-likeness (QED) is 0.834. The lowest BCUT2D eigenvalue weighted by Gasteiger charge is -2.32. The van der Waals surface area contributed by atoms with Crippen molar-refractivity contribution in [3.05, 3.63) is 35.9 Å². The molecule has 0 amide bonds. The molecule has 3 nitrogen and oxygen atoms in total. The monoisotopic (exact) mass is 277 g/mol. The highest BCUT2D eigenvalue weighted by molar-refractivity contribution is 5.77. The lowest BCUT2D eigenvalue weighted by molar-refractivity contribution is -0.153. The van der Waals surface area contributed by atoms with Gasteiger partial charge < -0.3 is 4.74 Å². The highest BCUT2D eigenvalue weighted by Gasteiger charge is 2.34. The van der Waals surface area contributed by atoms with Crippen LogP contribution in [-0.2, 0) is 9.53 Å². The minimum Gasteiger partial charge on any atom is -0.462 e. The predicted octanol–water partition coefficient (Wildman–Crippen LogP) is 3.70. The van der Waals surface area contributed by atoms with Gasteiger partial charge in [-0.15, -0.1) is 0 Å². The Bertz CT molecular complexity index is 420. The van der Waals surface area contributed by atoms with Gasteiger partial charge in [0.1, 0.15) is 6.04 Å². The van der Waals surface area contributed by atoms with Crippen LogP contribution >= 0.6 is 0 Å². The van der Waals surface area contributed by atoms with Crippen molar-refractivity contribution in [2.75, 3.05) is 0 Å². The molecule has 2 atom stereocenters. The number of hydrogen-bond acceptors (Lipinski definition) is 3. The minimum atomic E-state index is -0.333. The second-order valence-electron chi connectivity index (χ2n) is 6.58. The normalized spacial score (nSPS) is 14.9. The molecule has 3 heteroatoms. The molecule has 0 aliphatic carbocycles. The molecule has 0 unspecified atom stereocenters. The van der Waals surface area contributed by atoms with Crippen LogP contribution in [0.5, 0.6) is 0 Å².